The summed E-state index contributed by atoms with van der Waals surface area (Å²) in [5, 5.41) is 7.07. The Morgan fingerprint density at radius 3 is 2.56 bits per heavy atom. The molecule has 136 valence electrons. The first-order valence-electron chi connectivity index (χ1n) is 8.00. The van der Waals surface area contributed by atoms with Gasteiger partial charge in [-0.25, -0.2) is 9.67 Å². The van der Waals surface area contributed by atoms with Gasteiger partial charge >= 0.3 is 6.18 Å². The van der Waals surface area contributed by atoms with Crippen LogP contribution < -0.4 is 11.1 Å². The Kier molecular flexibility index (Phi) is 5.71. The zero-order chi connectivity index (χ0) is 18.6. The largest absolute Gasteiger partial charge is 0.416 e. The highest BCUT2D eigenvalue weighted by Gasteiger charge is 2.33. The monoisotopic (exact) mass is 353 g/mol. The van der Waals surface area contributed by atoms with Crippen molar-refractivity contribution in [3.63, 3.8) is 0 Å². The molecule has 0 unspecified atom stereocenters. The predicted octanol–water partition coefficient (Wildman–Crippen LogP) is 3.32. The van der Waals surface area contributed by atoms with Crippen molar-refractivity contribution in [1.82, 2.24) is 15.1 Å². The Hall–Kier alpha value is -2.51. The number of nitrogens with one attached hydrogen (secondary N) is 1. The number of hydrogen-bond donors (Lipinski definition) is 2. The van der Waals surface area contributed by atoms with E-state index >= 15 is 0 Å². The molecule has 1 heterocycles. The minimum absolute atomic E-state index is 0.0685. The van der Waals surface area contributed by atoms with Crippen LogP contribution in [-0.2, 0) is 12.7 Å². The lowest BCUT2D eigenvalue weighted by molar-refractivity contribution is -0.138. The van der Waals surface area contributed by atoms with E-state index in [-0.39, 0.29) is 18.1 Å². The van der Waals surface area contributed by atoms with Crippen LogP contribution in [0.15, 0.2) is 29.3 Å². The normalized spacial score (nSPS) is 12.5. The molecule has 3 N–H and O–H groups in total. The molecule has 0 aliphatic heterocycles. The number of nitrogens with zero attached hydrogens (tertiary/aromatic N) is 3. The molecule has 0 aliphatic carbocycles. The van der Waals surface area contributed by atoms with Gasteiger partial charge in [-0.1, -0.05) is 13.0 Å². The summed E-state index contributed by atoms with van der Waals surface area (Å²) in [6.07, 6.45) is -3.63. The molecule has 25 heavy (non-hydrogen) atoms. The highest BCUT2D eigenvalue weighted by atomic mass is 19.4. The van der Waals surface area contributed by atoms with Crippen molar-refractivity contribution < 1.29 is 13.2 Å². The number of alkyl halides is 3. The molecule has 0 saturated heterocycles. The summed E-state index contributed by atoms with van der Waals surface area (Å²) in [5.41, 5.74) is 6.87. The highest BCUT2D eigenvalue weighted by Crippen LogP contribution is 2.34. The second-order valence-corrected chi connectivity index (χ2v) is 5.81. The van der Waals surface area contributed by atoms with Crippen LogP contribution in [0.1, 0.15) is 35.9 Å². The fourth-order valence-corrected chi connectivity index (χ4v) is 2.47. The van der Waals surface area contributed by atoms with Crippen molar-refractivity contribution in [2.24, 2.45) is 10.7 Å². The topological polar surface area (TPSA) is 68.2 Å². The maximum Gasteiger partial charge on any atom is 0.416 e. The summed E-state index contributed by atoms with van der Waals surface area (Å²) < 4.78 is 41.9. The fourth-order valence-electron chi connectivity index (χ4n) is 2.47. The molecule has 0 radical (unpaired) electrons. The highest BCUT2D eigenvalue weighted by molar-refractivity contribution is 5.77. The maximum atomic E-state index is 13.5. The predicted molar refractivity (Wildman–Crippen MR) is 91.7 cm³/mol. The van der Waals surface area contributed by atoms with Crippen LogP contribution in [0.5, 0.6) is 0 Å². The first kappa shape index (κ1) is 18.8. The number of nitrogens with two attached hydrogens (primary N) is 1. The van der Waals surface area contributed by atoms with E-state index in [9.17, 15) is 13.2 Å². The number of aryl methyl sites for hydroxylation is 2. The van der Waals surface area contributed by atoms with E-state index < -0.39 is 11.7 Å². The summed E-state index contributed by atoms with van der Waals surface area (Å²) >= 11 is 0. The zero-order valence-corrected chi connectivity index (χ0v) is 14.5. The van der Waals surface area contributed by atoms with Crippen LogP contribution in [-0.4, -0.2) is 22.3 Å². The smallest absolute Gasteiger partial charge is 0.370 e. The molecule has 0 amide bonds. The van der Waals surface area contributed by atoms with Crippen molar-refractivity contribution in [3.8, 4) is 5.69 Å². The lowest BCUT2D eigenvalue weighted by Crippen LogP contribution is -2.32. The summed E-state index contributed by atoms with van der Waals surface area (Å²) in [7, 11) is 0. The molecule has 2 rings (SSSR count). The van der Waals surface area contributed by atoms with E-state index in [1.165, 1.54) is 10.7 Å². The molecule has 0 saturated carbocycles. The van der Waals surface area contributed by atoms with E-state index in [1.54, 1.807) is 19.9 Å². The SMILES string of the molecule is CCCNC(N)=NCc1ccc(-n2nc(C)cc2C)cc1C(F)(F)F. The molecule has 1 aromatic heterocycles. The first-order chi connectivity index (χ1) is 11.7. The van der Waals surface area contributed by atoms with Crippen molar-refractivity contribution in [1.29, 1.82) is 0 Å². The van der Waals surface area contributed by atoms with Crippen LogP contribution in [0.2, 0.25) is 0 Å². The number of rotatable bonds is 5. The molecule has 5 nitrogen and oxygen atoms in total. The first-order valence-corrected chi connectivity index (χ1v) is 8.00. The maximum absolute atomic E-state index is 13.5. The number of guanidine groups is 1. The van der Waals surface area contributed by atoms with E-state index in [4.69, 9.17) is 5.73 Å². The van der Waals surface area contributed by atoms with Gasteiger partial charge in [0.05, 0.1) is 23.5 Å². The molecule has 1 aromatic carbocycles. The Labute approximate surface area is 144 Å². The molecular formula is C17H22F3N5. The third-order valence-electron chi connectivity index (χ3n) is 3.63. The summed E-state index contributed by atoms with van der Waals surface area (Å²) in [6, 6.07) is 5.94. The van der Waals surface area contributed by atoms with E-state index in [1.807, 2.05) is 13.0 Å². The zero-order valence-electron chi connectivity index (χ0n) is 14.5. The third-order valence-corrected chi connectivity index (χ3v) is 3.63. The third kappa shape index (κ3) is 4.74. The lowest BCUT2D eigenvalue weighted by Gasteiger charge is -2.14. The molecule has 8 heteroatoms. The number of halogens is 3. The summed E-state index contributed by atoms with van der Waals surface area (Å²) in [5.74, 6) is 0.137. The summed E-state index contributed by atoms with van der Waals surface area (Å²) in [4.78, 5) is 3.99. The number of aliphatic imine (C=N–C) groups is 1. The number of aromatic nitrogens is 2. The Balaban J connectivity index is 2.36. The van der Waals surface area contributed by atoms with E-state index in [0.29, 0.717) is 12.2 Å². The van der Waals surface area contributed by atoms with Crippen LogP contribution in [0.4, 0.5) is 13.2 Å². The molecule has 0 fully saturated rings. The van der Waals surface area contributed by atoms with Crippen molar-refractivity contribution in [2.45, 2.75) is 39.9 Å². The minimum Gasteiger partial charge on any atom is -0.370 e. The van der Waals surface area contributed by atoms with Crippen molar-refractivity contribution in [3.05, 3.63) is 46.8 Å². The van der Waals surface area contributed by atoms with Gasteiger partial charge in [-0.3, -0.25) is 0 Å². The molecule has 2 aromatic rings. The average molecular weight is 353 g/mol. The van der Waals surface area contributed by atoms with Gasteiger partial charge in [0.1, 0.15) is 0 Å². The number of hydrogen-bond acceptors (Lipinski definition) is 2. The van der Waals surface area contributed by atoms with Gasteiger partial charge in [-0.2, -0.15) is 18.3 Å². The van der Waals surface area contributed by atoms with Crippen LogP contribution in [0.25, 0.3) is 5.69 Å². The van der Waals surface area contributed by atoms with E-state index in [2.05, 4.69) is 15.4 Å². The average Bonchev–Trinajstić information content (AvgIpc) is 2.88. The van der Waals surface area contributed by atoms with Gasteiger partial charge in [-0.05, 0) is 44.0 Å². The van der Waals surface area contributed by atoms with Crippen molar-refractivity contribution >= 4 is 5.96 Å². The lowest BCUT2D eigenvalue weighted by atomic mass is 10.1. The molecule has 0 aliphatic rings. The molecule has 0 atom stereocenters. The van der Waals surface area contributed by atoms with Gasteiger partial charge < -0.3 is 11.1 Å². The Morgan fingerprint density at radius 2 is 2.00 bits per heavy atom. The van der Waals surface area contributed by atoms with Crippen molar-refractivity contribution in [2.75, 3.05) is 6.54 Å². The van der Waals surface area contributed by atoms with Crippen LogP contribution in [0, 0.1) is 13.8 Å². The fraction of sp³-hybridized carbons (Fsp3) is 0.412. The van der Waals surface area contributed by atoms with Gasteiger partial charge in [-0.15, -0.1) is 0 Å². The Morgan fingerprint density at radius 1 is 1.28 bits per heavy atom. The second-order valence-electron chi connectivity index (χ2n) is 5.81. The minimum atomic E-state index is -4.48. The van der Waals surface area contributed by atoms with Crippen LogP contribution >= 0.6 is 0 Å². The van der Waals surface area contributed by atoms with Gasteiger partial charge in [0.15, 0.2) is 5.96 Å². The quantitative estimate of drug-likeness (QED) is 0.640. The standard InChI is InChI=1S/C17H22F3N5/c1-4-7-22-16(21)23-10-13-5-6-14(9-15(13)17(18,19)20)25-12(3)8-11(2)24-25/h5-6,8-9H,4,7,10H2,1-3H3,(H3,21,22,23). The molecular weight excluding hydrogens is 331 g/mol. The molecule has 0 bridgehead atoms. The van der Waals surface area contributed by atoms with Crippen LogP contribution in [0.3, 0.4) is 0 Å². The number of benzene rings is 1. The second kappa shape index (κ2) is 7.58. The van der Waals surface area contributed by atoms with Gasteiger partial charge in [0, 0.05) is 12.2 Å². The Bertz CT molecular complexity index is 762. The van der Waals surface area contributed by atoms with Gasteiger partial charge in [0.2, 0.25) is 0 Å². The summed E-state index contributed by atoms with van der Waals surface area (Å²) in [6.45, 7) is 6.03. The van der Waals surface area contributed by atoms with Gasteiger partial charge in [0.25, 0.3) is 0 Å². The van der Waals surface area contributed by atoms with E-state index in [0.717, 1.165) is 23.9 Å². The molecule has 0 spiro atoms.